The van der Waals surface area contributed by atoms with Gasteiger partial charge in [0, 0.05) is 6.42 Å². The molecule has 0 unspecified atom stereocenters. The summed E-state index contributed by atoms with van der Waals surface area (Å²) < 4.78 is 29.2. The van der Waals surface area contributed by atoms with Crippen molar-refractivity contribution in [1.29, 1.82) is 0 Å². The molecule has 106 valence electrons. The summed E-state index contributed by atoms with van der Waals surface area (Å²) >= 11 is 0. The van der Waals surface area contributed by atoms with E-state index in [1.54, 1.807) is 12.1 Å². The Morgan fingerprint density at radius 1 is 1.16 bits per heavy atom. The maximum atomic E-state index is 12.3. The van der Waals surface area contributed by atoms with Crippen molar-refractivity contribution < 1.29 is 18.3 Å². The summed E-state index contributed by atoms with van der Waals surface area (Å²) in [7, 11) is 0. The molecule has 0 heterocycles. The van der Waals surface area contributed by atoms with Gasteiger partial charge in [-0.1, -0.05) is 26.7 Å². The van der Waals surface area contributed by atoms with Crippen LogP contribution < -0.4 is 4.74 Å². The third-order valence-corrected chi connectivity index (χ3v) is 2.96. The van der Waals surface area contributed by atoms with Crippen molar-refractivity contribution in [3.63, 3.8) is 0 Å². The second-order valence-electron chi connectivity index (χ2n) is 4.47. The zero-order valence-electron chi connectivity index (χ0n) is 11.4. The zero-order chi connectivity index (χ0) is 14.3. The van der Waals surface area contributed by atoms with Crippen molar-refractivity contribution in [3.05, 3.63) is 28.8 Å². The van der Waals surface area contributed by atoms with Gasteiger partial charge in [-0.05, 0) is 41.7 Å². The van der Waals surface area contributed by atoms with E-state index in [1.165, 1.54) is 0 Å². The largest absolute Gasteiger partial charge is 0.435 e. The number of benzene rings is 1. The first kappa shape index (κ1) is 15.6. The number of halogens is 2. The molecule has 0 radical (unpaired) electrons. The lowest BCUT2D eigenvalue weighted by atomic mass is 9.93. The lowest BCUT2D eigenvalue weighted by Gasteiger charge is -2.15. The number of hydrogen-bond acceptors (Lipinski definition) is 2. The smallest absolute Gasteiger partial charge is 0.387 e. The minimum Gasteiger partial charge on any atom is -0.435 e. The minimum atomic E-state index is -2.82. The van der Waals surface area contributed by atoms with E-state index in [9.17, 15) is 13.6 Å². The number of alkyl halides is 2. The first-order valence-electron chi connectivity index (χ1n) is 6.65. The predicted molar refractivity (Wildman–Crippen MR) is 70.8 cm³/mol. The number of aryl methyl sites for hydroxylation is 2. The number of hydrogen-bond donors (Lipinski definition) is 0. The number of rotatable bonds is 8. The quantitative estimate of drug-likeness (QED) is 0.669. The van der Waals surface area contributed by atoms with Crippen molar-refractivity contribution in [2.24, 2.45) is 0 Å². The Kier molecular flexibility index (Phi) is 6.46. The summed E-state index contributed by atoms with van der Waals surface area (Å²) in [6.07, 6.45) is 4.52. The molecule has 0 aliphatic carbocycles. The number of carbonyl (C=O) groups excluding carboxylic acids is 1. The molecule has 0 aliphatic rings. The molecule has 19 heavy (non-hydrogen) atoms. The van der Waals surface area contributed by atoms with Crippen LogP contribution in [0.15, 0.2) is 12.1 Å². The van der Waals surface area contributed by atoms with Crippen LogP contribution in [0.4, 0.5) is 8.78 Å². The van der Waals surface area contributed by atoms with Gasteiger partial charge in [-0.25, -0.2) is 0 Å². The maximum absolute atomic E-state index is 12.3. The van der Waals surface area contributed by atoms with E-state index in [4.69, 9.17) is 0 Å². The monoisotopic (exact) mass is 270 g/mol. The third kappa shape index (κ3) is 4.62. The molecule has 1 aromatic rings. The molecule has 1 rings (SSSR count). The van der Waals surface area contributed by atoms with Crippen molar-refractivity contribution in [2.45, 2.75) is 52.6 Å². The van der Waals surface area contributed by atoms with Gasteiger partial charge in [-0.2, -0.15) is 8.78 Å². The Bertz CT molecular complexity index is 390. The highest BCUT2D eigenvalue weighted by atomic mass is 19.3. The van der Waals surface area contributed by atoms with Crippen LogP contribution in [0.1, 0.15) is 43.4 Å². The van der Waals surface area contributed by atoms with Crippen LogP contribution in [0.25, 0.3) is 0 Å². The van der Waals surface area contributed by atoms with Gasteiger partial charge in [-0.3, -0.25) is 0 Å². The maximum Gasteiger partial charge on any atom is 0.387 e. The molecule has 0 aromatic heterocycles. The fraction of sp³-hybridized carbons (Fsp3) is 0.533. The Morgan fingerprint density at radius 2 is 1.68 bits per heavy atom. The molecular weight excluding hydrogens is 250 g/mol. The first-order chi connectivity index (χ1) is 9.12. The highest BCUT2D eigenvalue weighted by molar-refractivity contribution is 5.59. The van der Waals surface area contributed by atoms with E-state index in [1.807, 2.05) is 13.8 Å². The molecule has 0 spiro atoms. The van der Waals surface area contributed by atoms with E-state index in [0.717, 1.165) is 48.7 Å². The van der Waals surface area contributed by atoms with E-state index in [-0.39, 0.29) is 5.75 Å². The van der Waals surface area contributed by atoms with E-state index >= 15 is 0 Å². The highest BCUT2D eigenvalue weighted by Gasteiger charge is 2.13. The average molecular weight is 270 g/mol. The molecule has 0 atom stereocenters. The highest BCUT2D eigenvalue weighted by Crippen LogP contribution is 2.26. The van der Waals surface area contributed by atoms with Gasteiger partial charge < -0.3 is 9.53 Å². The molecule has 0 bridgehead atoms. The van der Waals surface area contributed by atoms with Gasteiger partial charge in [-0.15, -0.1) is 0 Å². The van der Waals surface area contributed by atoms with Crippen LogP contribution in [0.5, 0.6) is 5.75 Å². The Balaban J connectivity index is 3.20. The standard InChI is InChI=1S/C15H20F2O2/c1-3-5-11-9-13(19-15(16)17)10-12(6-4-2)14(11)7-8-18/h8-10,15H,3-7H2,1-2H3. The van der Waals surface area contributed by atoms with Crippen molar-refractivity contribution in [2.75, 3.05) is 0 Å². The lowest BCUT2D eigenvalue weighted by molar-refractivity contribution is -0.107. The van der Waals surface area contributed by atoms with Crippen LogP contribution in [-0.2, 0) is 24.1 Å². The van der Waals surface area contributed by atoms with E-state index in [2.05, 4.69) is 4.74 Å². The van der Waals surface area contributed by atoms with Gasteiger partial charge in [0.25, 0.3) is 0 Å². The molecule has 1 aromatic carbocycles. The first-order valence-corrected chi connectivity index (χ1v) is 6.65. The van der Waals surface area contributed by atoms with Crippen LogP contribution in [0, 0.1) is 0 Å². The van der Waals surface area contributed by atoms with Crippen LogP contribution >= 0.6 is 0 Å². The number of ether oxygens (including phenoxy) is 1. The molecular formula is C15H20F2O2. The predicted octanol–water partition coefficient (Wildman–Crippen LogP) is 3.93. The minimum absolute atomic E-state index is 0.191. The van der Waals surface area contributed by atoms with Gasteiger partial charge >= 0.3 is 6.61 Å². The Labute approximate surface area is 112 Å². The second-order valence-corrected chi connectivity index (χ2v) is 4.47. The van der Waals surface area contributed by atoms with Crippen molar-refractivity contribution in [1.82, 2.24) is 0 Å². The molecule has 0 amide bonds. The molecule has 4 heteroatoms. The van der Waals surface area contributed by atoms with Gasteiger partial charge in [0.2, 0.25) is 0 Å². The van der Waals surface area contributed by atoms with E-state index < -0.39 is 6.61 Å². The summed E-state index contributed by atoms with van der Waals surface area (Å²) in [6, 6.07) is 3.27. The fourth-order valence-corrected chi connectivity index (χ4v) is 2.27. The lowest BCUT2D eigenvalue weighted by Crippen LogP contribution is -2.07. The summed E-state index contributed by atoms with van der Waals surface area (Å²) in [4.78, 5) is 10.8. The second kappa shape index (κ2) is 7.87. The van der Waals surface area contributed by atoms with Crippen LogP contribution in [-0.4, -0.2) is 12.9 Å². The summed E-state index contributed by atoms with van der Waals surface area (Å²) in [6.45, 7) is 1.22. The van der Waals surface area contributed by atoms with Crippen molar-refractivity contribution >= 4 is 6.29 Å². The van der Waals surface area contributed by atoms with Crippen molar-refractivity contribution in [3.8, 4) is 5.75 Å². The normalized spacial score (nSPS) is 10.8. The third-order valence-electron chi connectivity index (χ3n) is 2.96. The molecule has 0 aliphatic heterocycles. The topological polar surface area (TPSA) is 26.3 Å². The summed E-state index contributed by atoms with van der Waals surface area (Å²) in [5.41, 5.74) is 2.85. The van der Waals surface area contributed by atoms with E-state index in [0.29, 0.717) is 6.42 Å². The fourth-order valence-electron chi connectivity index (χ4n) is 2.27. The van der Waals surface area contributed by atoms with Gasteiger partial charge in [0.05, 0.1) is 0 Å². The molecule has 0 saturated carbocycles. The SMILES string of the molecule is CCCc1cc(OC(F)F)cc(CCC)c1CC=O. The Morgan fingerprint density at radius 3 is 2.05 bits per heavy atom. The summed E-state index contributed by atoms with van der Waals surface area (Å²) in [5, 5.41) is 0. The summed E-state index contributed by atoms with van der Waals surface area (Å²) in [5.74, 6) is 0.191. The molecule has 0 fully saturated rings. The number of carbonyl (C=O) groups is 1. The Hall–Kier alpha value is -1.45. The van der Waals surface area contributed by atoms with Crippen LogP contribution in [0.3, 0.4) is 0 Å². The molecule has 0 saturated heterocycles. The van der Waals surface area contributed by atoms with Gasteiger partial charge in [0.1, 0.15) is 12.0 Å². The molecule has 2 nitrogen and oxygen atoms in total. The average Bonchev–Trinajstić information content (AvgIpc) is 2.33. The zero-order valence-corrected chi connectivity index (χ0v) is 11.4. The molecule has 0 N–H and O–H groups in total. The number of aldehydes is 1. The van der Waals surface area contributed by atoms with Crippen LogP contribution in [0.2, 0.25) is 0 Å². The van der Waals surface area contributed by atoms with Gasteiger partial charge in [0.15, 0.2) is 0 Å².